The van der Waals surface area contributed by atoms with Gasteiger partial charge in [-0.05, 0) is 24.8 Å². The van der Waals surface area contributed by atoms with Crippen LogP contribution in [-0.4, -0.2) is 48.6 Å². The van der Waals surface area contributed by atoms with Gasteiger partial charge in [0.2, 0.25) is 5.75 Å². The van der Waals surface area contributed by atoms with Crippen molar-refractivity contribution in [2.75, 3.05) is 26.8 Å². The van der Waals surface area contributed by atoms with Gasteiger partial charge in [-0.3, -0.25) is 14.9 Å². The standard InChI is InChI=1S/C16H23N3O5/c1-11-5-6-18(12(7-11)9-17)16(20)10-24-13-3-4-14(19(21)22)15(8-13)23-2/h3-4,8,11-12H,5-7,9-10,17H2,1-2H3. The number of hydrogen-bond donors (Lipinski definition) is 1. The lowest BCUT2D eigenvalue weighted by Gasteiger charge is -2.37. The summed E-state index contributed by atoms with van der Waals surface area (Å²) in [5, 5.41) is 10.9. The molecule has 1 aromatic rings. The molecule has 24 heavy (non-hydrogen) atoms. The SMILES string of the molecule is COc1cc(OCC(=O)N2CCC(C)CC2CN)ccc1[N+](=O)[O-]. The van der Waals surface area contributed by atoms with Gasteiger partial charge < -0.3 is 20.1 Å². The van der Waals surface area contributed by atoms with E-state index >= 15 is 0 Å². The number of nitrogens with two attached hydrogens (primary N) is 1. The number of rotatable bonds is 6. The van der Waals surface area contributed by atoms with Gasteiger partial charge in [-0.2, -0.15) is 0 Å². The normalized spacial score (nSPS) is 20.5. The zero-order valence-electron chi connectivity index (χ0n) is 13.9. The molecule has 0 spiro atoms. The van der Waals surface area contributed by atoms with Crippen molar-refractivity contribution in [2.45, 2.75) is 25.8 Å². The third-order valence-corrected chi connectivity index (χ3v) is 4.28. The molecular formula is C16H23N3O5. The molecule has 2 atom stereocenters. The Balaban J connectivity index is 2.00. The minimum Gasteiger partial charge on any atom is -0.490 e. The van der Waals surface area contributed by atoms with Crippen molar-refractivity contribution in [3.63, 3.8) is 0 Å². The average molecular weight is 337 g/mol. The largest absolute Gasteiger partial charge is 0.490 e. The van der Waals surface area contributed by atoms with Crippen LogP contribution in [0, 0.1) is 16.0 Å². The minimum absolute atomic E-state index is 0.0382. The van der Waals surface area contributed by atoms with Crippen LogP contribution in [0.2, 0.25) is 0 Å². The molecular weight excluding hydrogens is 314 g/mol. The highest BCUT2D eigenvalue weighted by Crippen LogP contribution is 2.31. The molecule has 2 rings (SSSR count). The van der Waals surface area contributed by atoms with E-state index in [0.717, 1.165) is 12.8 Å². The first-order valence-electron chi connectivity index (χ1n) is 7.91. The van der Waals surface area contributed by atoms with Crippen molar-refractivity contribution in [1.29, 1.82) is 0 Å². The number of hydrogen-bond acceptors (Lipinski definition) is 6. The Morgan fingerprint density at radius 2 is 2.25 bits per heavy atom. The summed E-state index contributed by atoms with van der Waals surface area (Å²) in [4.78, 5) is 24.5. The number of carbonyl (C=O) groups excluding carboxylic acids is 1. The highest BCUT2D eigenvalue weighted by molar-refractivity contribution is 5.78. The highest BCUT2D eigenvalue weighted by atomic mass is 16.6. The molecule has 1 aromatic carbocycles. The quantitative estimate of drug-likeness (QED) is 0.623. The molecule has 1 aliphatic heterocycles. The summed E-state index contributed by atoms with van der Waals surface area (Å²) >= 11 is 0. The second-order valence-corrected chi connectivity index (χ2v) is 5.99. The molecule has 1 aliphatic rings. The van der Waals surface area contributed by atoms with E-state index in [2.05, 4.69) is 6.92 Å². The third kappa shape index (κ3) is 4.14. The third-order valence-electron chi connectivity index (χ3n) is 4.28. The van der Waals surface area contributed by atoms with Gasteiger partial charge in [0.15, 0.2) is 6.61 Å². The van der Waals surface area contributed by atoms with Crippen molar-refractivity contribution < 1.29 is 19.2 Å². The number of nitrogens with zero attached hydrogens (tertiary/aromatic N) is 2. The van der Waals surface area contributed by atoms with Gasteiger partial charge in [0.1, 0.15) is 5.75 Å². The van der Waals surface area contributed by atoms with Gasteiger partial charge in [0.25, 0.3) is 5.91 Å². The number of nitro groups is 1. The van der Waals surface area contributed by atoms with Crippen LogP contribution in [0.3, 0.4) is 0 Å². The van der Waals surface area contributed by atoms with Crippen molar-refractivity contribution in [3.8, 4) is 11.5 Å². The fourth-order valence-electron chi connectivity index (χ4n) is 2.93. The van der Waals surface area contributed by atoms with Crippen LogP contribution in [0.15, 0.2) is 18.2 Å². The number of nitro benzene ring substituents is 1. The molecule has 0 aliphatic carbocycles. The molecule has 1 heterocycles. The Labute approximate surface area is 140 Å². The van der Waals surface area contributed by atoms with E-state index in [1.807, 2.05) is 0 Å². The molecule has 0 saturated carbocycles. The van der Waals surface area contributed by atoms with E-state index in [9.17, 15) is 14.9 Å². The van der Waals surface area contributed by atoms with Crippen LogP contribution < -0.4 is 15.2 Å². The molecule has 8 heteroatoms. The first-order chi connectivity index (χ1) is 11.5. The van der Waals surface area contributed by atoms with Gasteiger partial charge in [-0.15, -0.1) is 0 Å². The van der Waals surface area contributed by atoms with Crippen LogP contribution in [0.4, 0.5) is 5.69 Å². The van der Waals surface area contributed by atoms with Gasteiger partial charge in [0, 0.05) is 31.3 Å². The Hall–Kier alpha value is -2.35. The van der Waals surface area contributed by atoms with Crippen LogP contribution in [0.1, 0.15) is 19.8 Å². The Bertz CT molecular complexity index is 607. The van der Waals surface area contributed by atoms with Gasteiger partial charge in [-0.25, -0.2) is 0 Å². The van der Waals surface area contributed by atoms with E-state index in [-0.39, 0.29) is 30.0 Å². The van der Waals surface area contributed by atoms with Crippen LogP contribution >= 0.6 is 0 Å². The fourth-order valence-corrected chi connectivity index (χ4v) is 2.93. The van der Waals surface area contributed by atoms with E-state index in [1.165, 1.54) is 25.3 Å². The Morgan fingerprint density at radius 1 is 1.50 bits per heavy atom. The lowest BCUT2D eigenvalue weighted by molar-refractivity contribution is -0.385. The maximum Gasteiger partial charge on any atom is 0.311 e. The predicted octanol–water partition coefficient (Wildman–Crippen LogP) is 1.57. The second-order valence-electron chi connectivity index (χ2n) is 5.99. The minimum atomic E-state index is -0.533. The van der Waals surface area contributed by atoms with Crippen LogP contribution in [0.25, 0.3) is 0 Å². The van der Waals surface area contributed by atoms with Gasteiger partial charge >= 0.3 is 5.69 Å². The van der Waals surface area contributed by atoms with Crippen molar-refractivity contribution in [2.24, 2.45) is 11.7 Å². The Kier molecular flexibility index (Phi) is 5.97. The van der Waals surface area contributed by atoms with E-state index in [1.54, 1.807) is 4.90 Å². The molecule has 0 bridgehead atoms. The number of methoxy groups -OCH3 is 1. The summed E-state index contributed by atoms with van der Waals surface area (Å²) in [6.45, 7) is 3.13. The fraction of sp³-hybridized carbons (Fsp3) is 0.562. The smallest absolute Gasteiger partial charge is 0.311 e. The second kappa shape index (κ2) is 7.96. The van der Waals surface area contributed by atoms with Crippen LogP contribution in [-0.2, 0) is 4.79 Å². The van der Waals surface area contributed by atoms with E-state index in [4.69, 9.17) is 15.2 Å². The zero-order chi connectivity index (χ0) is 17.7. The summed E-state index contributed by atoms with van der Waals surface area (Å²) in [7, 11) is 1.35. The molecule has 1 saturated heterocycles. The van der Waals surface area contributed by atoms with Gasteiger partial charge in [-0.1, -0.05) is 6.92 Å². The molecule has 2 N–H and O–H groups in total. The maximum atomic E-state index is 12.4. The van der Waals surface area contributed by atoms with Crippen molar-refractivity contribution in [1.82, 2.24) is 4.90 Å². The maximum absolute atomic E-state index is 12.4. The lowest BCUT2D eigenvalue weighted by Crippen LogP contribution is -2.50. The van der Waals surface area contributed by atoms with Crippen LogP contribution in [0.5, 0.6) is 11.5 Å². The average Bonchev–Trinajstić information content (AvgIpc) is 2.58. The number of ether oxygens (including phenoxy) is 2. The van der Waals surface area contributed by atoms with Crippen molar-refractivity contribution >= 4 is 11.6 Å². The molecule has 0 radical (unpaired) electrons. The predicted molar refractivity (Wildman–Crippen MR) is 88.1 cm³/mol. The number of amides is 1. The van der Waals surface area contributed by atoms with E-state index in [0.29, 0.717) is 24.8 Å². The topological polar surface area (TPSA) is 108 Å². The zero-order valence-corrected chi connectivity index (χ0v) is 13.9. The summed E-state index contributed by atoms with van der Waals surface area (Å²) in [6.07, 6.45) is 1.85. The van der Waals surface area contributed by atoms with E-state index < -0.39 is 4.92 Å². The number of likely N-dealkylation sites (tertiary alicyclic amines) is 1. The monoisotopic (exact) mass is 337 g/mol. The highest BCUT2D eigenvalue weighted by Gasteiger charge is 2.29. The number of benzene rings is 1. The summed E-state index contributed by atoms with van der Waals surface area (Å²) in [5.74, 6) is 0.870. The molecule has 1 fully saturated rings. The summed E-state index contributed by atoms with van der Waals surface area (Å²) < 4.78 is 10.5. The lowest BCUT2D eigenvalue weighted by atomic mass is 9.92. The Morgan fingerprint density at radius 3 is 2.88 bits per heavy atom. The molecule has 2 unspecified atom stereocenters. The molecule has 1 amide bonds. The number of carbonyl (C=O) groups is 1. The first-order valence-corrected chi connectivity index (χ1v) is 7.91. The van der Waals surface area contributed by atoms with Gasteiger partial charge in [0.05, 0.1) is 12.0 Å². The molecule has 132 valence electrons. The first kappa shape index (κ1) is 18.0. The summed E-state index contributed by atoms with van der Waals surface area (Å²) in [6, 6.07) is 4.19. The molecule has 0 aromatic heterocycles. The number of piperidine rings is 1. The summed E-state index contributed by atoms with van der Waals surface area (Å²) in [5.41, 5.74) is 5.62. The molecule has 8 nitrogen and oxygen atoms in total. The van der Waals surface area contributed by atoms with Crippen molar-refractivity contribution in [3.05, 3.63) is 28.3 Å².